The number of carbonyl (C=O) groups is 1. The second-order valence-electron chi connectivity index (χ2n) is 4.82. The molecule has 0 heterocycles. The summed E-state index contributed by atoms with van der Waals surface area (Å²) in [7, 11) is 0. The van der Waals surface area contributed by atoms with Crippen LogP contribution in [0.5, 0.6) is 0 Å². The highest BCUT2D eigenvalue weighted by atomic mass is 16.1. The van der Waals surface area contributed by atoms with E-state index >= 15 is 0 Å². The van der Waals surface area contributed by atoms with Crippen molar-refractivity contribution < 1.29 is 4.79 Å². The van der Waals surface area contributed by atoms with E-state index in [1.165, 1.54) is 0 Å². The van der Waals surface area contributed by atoms with Gasteiger partial charge in [0.2, 0.25) is 0 Å². The van der Waals surface area contributed by atoms with Gasteiger partial charge in [-0.3, -0.25) is 10.6 Å². The molecular formula is C14H23N3O. The molecule has 0 fully saturated rings. The molecule has 0 aliphatic carbocycles. The van der Waals surface area contributed by atoms with Gasteiger partial charge in [-0.25, -0.2) is 0 Å². The summed E-state index contributed by atoms with van der Waals surface area (Å²) in [5.74, 6) is 5.80. The molecule has 4 N–H and O–H groups in total. The molecule has 1 amide bonds. The van der Waals surface area contributed by atoms with Gasteiger partial charge in [0.15, 0.2) is 0 Å². The predicted octanol–water partition coefficient (Wildman–Crippen LogP) is 2.45. The number of nitrogen functional groups attached to an aromatic ring is 1. The van der Waals surface area contributed by atoms with Crippen LogP contribution in [0.3, 0.4) is 0 Å². The second-order valence-corrected chi connectivity index (χ2v) is 4.82. The fourth-order valence-electron chi connectivity index (χ4n) is 1.75. The van der Waals surface area contributed by atoms with E-state index in [1.54, 1.807) is 6.07 Å². The van der Waals surface area contributed by atoms with E-state index in [9.17, 15) is 4.79 Å². The molecule has 0 aliphatic rings. The minimum absolute atomic E-state index is 0.0329. The average Bonchev–Trinajstić information content (AvgIpc) is 2.37. The van der Waals surface area contributed by atoms with Gasteiger partial charge < -0.3 is 10.7 Å². The summed E-state index contributed by atoms with van der Waals surface area (Å²) in [6.45, 7) is 8.22. The molecule has 1 rings (SSSR count). The summed E-state index contributed by atoms with van der Waals surface area (Å²) >= 11 is 0. The molecule has 18 heavy (non-hydrogen) atoms. The number of hydrazine groups is 1. The molecule has 0 saturated carbocycles. The molecule has 1 aromatic carbocycles. The molecule has 0 bridgehead atoms. The summed E-state index contributed by atoms with van der Waals surface area (Å²) in [6.07, 6.45) is 1.05. The van der Waals surface area contributed by atoms with E-state index in [2.05, 4.69) is 24.6 Å². The maximum atomic E-state index is 12.1. The fraction of sp³-hybridized carbons (Fsp3) is 0.500. The van der Waals surface area contributed by atoms with E-state index in [1.807, 2.05) is 26.0 Å². The monoisotopic (exact) mass is 249 g/mol. The summed E-state index contributed by atoms with van der Waals surface area (Å²) < 4.78 is 0. The average molecular weight is 249 g/mol. The third kappa shape index (κ3) is 3.47. The first-order chi connectivity index (χ1) is 8.49. The maximum absolute atomic E-state index is 12.1. The Morgan fingerprint density at radius 2 is 2.06 bits per heavy atom. The van der Waals surface area contributed by atoms with Crippen LogP contribution in [0, 0.1) is 12.8 Å². The van der Waals surface area contributed by atoms with E-state index in [-0.39, 0.29) is 11.9 Å². The van der Waals surface area contributed by atoms with Crippen molar-refractivity contribution in [2.45, 2.75) is 40.2 Å². The van der Waals surface area contributed by atoms with Crippen LogP contribution in [0.1, 0.15) is 43.1 Å². The number of hydrogen-bond donors (Lipinski definition) is 3. The lowest BCUT2D eigenvalue weighted by molar-refractivity contribution is 0.0928. The first-order valence-electron chi connectivity index (χ1n) is 6.37. The van der Waals surface area contributed by atoms with Crippen molar-refractivity contribution in [2.75, 3.05) is 5.43 Å². The van der Waals surface area contributed by atoms with Gasteiger partial charge >= 0.3 is 0 Å². The van der Waals surface area contributed by atoms with Crippen molar-refractivity contribution in [3.05, 3.63) is 29.3 Å². The van der Waals surface area contributed by atoms with Crippen molar-refractivity contribution in [2.24, 2.45) is 11.8 Å². The second kappa shape index (κ2) is 6.40. The number of carbonyl (C=O) groups excluding carboxylic acids is 1. The SMILES string of the molecule is CCC(C)C(C)NC(=O)c1ccc(NN)c(C)c1. The van der Waals surface area contributed by atoms with Crippen molar-refractivity contribution >= 4 is 11.6 Å². The molecule has 0 aromatic heterocycles. The quantitative estimate of drug-likeness (QED) is 0.554. The van der Waals surface area contributed by atoms with Gasteiger partial charge in [0.25, 0.3) is 5.91 Å². The van der Waals surface area contributed by atoms with Crippen LogP contribution in [0.4, 0.5) is 5.69 Å². The number of anilines is 1. The van der Waals surface area contributed by atoms with Crippen molar-refractivity contribution in [3.8, 4) is 0 Å². The first-order valence-corrected chi connectivity index (χ1v) is 6.37. The van der Waals surface area contributed by atoms with Gasteiger partial charge in [0.05, 0.1) is 5.69 Å². The molecular weight excluding hydrogens is 226 g/mol. The zero-order valence-corrected chi connectivity index (χ0v) is 11.6. The maximum Gasteiger partial charge on any atom is 0.251 e. The molecule has 2 unspecified atom stereocenters. The fourth-order valence-corrected chi connectivity index (χ4v) is 1.75. The number of nitrogens with one attached hydrogen (secondary N) is 2. The molecule has 1 aromatic rings. The highest BCUT2D eigenvalue weighted by molar-refractivity contribution is 5.95. The molecule has 4 nitrogen and oxygen atoms in total. The van der Waals surface area contributed by atoms with Crippen LogP contribution in [-0.2, 0) is 0 Å². The van der Waals surface area contributed by atoms with Crippen molar-refractivity contribution in [1.29, 1.82) is 0 Å². The summed E-state index contributed by atoms with van der Waals surface area (Å²) in [6, 6.07) is 5.61. The largest absolute Gasteiger partial charge is 0.349 e. The Balaban J connectivity index is 2.76. The van der Waals surface area contributed by atoms with Gasteiger partial charge in [-0.05, 0) is 43.5 Å². The van der Waals surface area contributed by atoms with E-state index in [0.717, 1.165) is 17.7 Å². The van der Waals surface area contributed by atoms with Crippen LogP contribution in [-0.4, -0.2) is 11.9 Å². The number of benzene rings is 1. The zero-order chi connectivity index (χ0) is 13.7. The highest BCUT2D eigenvalue weighted by Crippen LogP contribution is 2.16. The third-order valence-electron chi connectivity index (χ3n) is 3.50. The Morgan fingerprint density at radius 3 is 2.56 bits per heavy atom. The number of aryl methyl sites for hydroxylation is 1. The number of nitrogens with two attached hydrogens (primary N) is 1. The normalized spacial score (nSPS) is 13.8. The number of rotatable bonds is 5. The van der Waals surface area contributed by atoms with Gasteiger partial charge in [-0.1, -0.05) is 20.3 Å². The third-order valence-corrected chi connectivity index (χ3v) is 3.50. The topological polar surface area (TPSA) is 67.2 Å². The van der Waals surface area contributed by atoms with E-state index in [4.69, 9.17) is 5.84 Å². The molecule has 2 atom stereocenters. The predicted molar refractivity (Wildman–Crippen MR) is 75.4 cm³/mol. The van der Waals surface area contributed by atoms with E-state index in [0.29, 0.717) is 11.5 Å². The lowest BCUT2D eigenvalue weighted by Gasteiger charge is -2.20. The van der Waals surface area contributed by atoms with Gasteiger partial charge in [-0.15, -0.1) is 0 Å². The Morgan fingerprint density at radius 1 is 1.39 bits per heavy atom. The Bertz CT molecular complexity index is 418. The minimum atomic E-state index is -0.0329. The van der Waals surface area contributed by atoms with Crippen molar-refractivity contribution in [3.63, 3.8) is 0 Å². The minimum Gasteiger partial charge on any atom is -0.349 e. The Hall–Kier alpha value is -1.55. The molecule has 4 heteroatoms. The van der Waals surface area contributed by atoms with Gasteiger partial charge in [-0.2, -0.15) is 0 Å². The highest BCUT2D eigenvalue weighted by Gasteiger charge is 2.14. The Labute approximate surface area is 109 Å². The van der Waals surface area contributed by atoms with Crippen LogP contribution >= 0.6 is 0 Å². The van der Waals surface area contributed by atoms with E-state index < -0.39 is 0 Å². The lowest BCUT2D eigenvalue weighted by Crippen LogP contribution is -2.36. The standard InChI is InChI=1S/C14H23N3O/c1-5-9(2)11(4)16-14(18)12-6-7-13(17-15)10(3)8-12/h6-9,11,17H,5,15H2,1-4H3,(H,16,18). The van der Waals surface area contributed by atoms with Crippen LogP contribution in [0.25, 0.3) is 0 Å². The first kappa shape index (κ1) is 14.5. The zero-order valence-electron chi connectivity index (χ0n) is 11.6. The molecule has 100 valence electrons. The van der Waals surface area contributed by atoms with Crippen LogP contribution < -0.4 is 16.6 Å². The van der Waals surface area contributed by atoms with Crippen LogP contribution in [0.15, 0.2) is 18.2 Å². The summed E-state index contributed by atoms with van der Waals surface area (Å²) in [5, 5.41) is 3.02. The molecule has 0 radical (unpaired) electrons. The number of amides is 1. The van der Waals surface area contributed by atoms with Crippen molar-refractivity contribution in [1.82, 2.24) is 5.32 Å². The lowest BCUT2D eigenvalue weighted by atomic mass is 10.0. The summed E-state index contributed by atoms with van der Waals surface area (Å²) in [4.78, 5) is 12.1. The summed E-state index contributed by atoms with van der Waals surface area (Å²) in [5.41, 5.74) is 5.06. The molecule has 0 saturated heterocycles. The Kier molecular flexibility index (Phi) is 5.16. The molecule has 0 aliphatic heterocycles. The number of hydrogen-bond acceptors (Lipinski definition) is 3. The smallest absolute Gasteiger partial charge is 0.251 e. The molecule has 0 spiro atoms. The van der Waals surface area contributed by atoms with Gasteiger partial charge in [0.1, 0.15) is 0 Å². The van der Waals surface area contributed by atoms with Gasteiger partial charge in [0, 0.05) is 11.6 Å². The van der Waals surface area contributed by atoms with Crippen LogP contribution in [0.2, 0.25) is 0 Å².